The Morgan fingerprint density at radius 2 is 2.00 bits per heavy atom. The number of carbonyl (C=O) groups is 1. The Hall–Kier alpha value is -3.70. The fraction of sp³-hybridized carbons (Fsp3) is 0.0909. The largest absolute Gasteiger partial charge is 0.433 e. The fourth-order valence-corrected chi connectivity index (χ4v) is 4.23. The van der Waals surface area contributed by atoms with Crippen LogP contribution in [0.25, 0.3) is 16.2 Å². The van der Waals surface area contributed by atoms with Crippen molar-refractivity contribution in [2.24, 2.45) is 0 Å². The Balaban J connectivity index is 1.44. The molecule has 5 aromatic rings. The lowest BCUT2D eigenvalue weighted by Crippen LogP contribution is -2.15. The number of aromatic nitrogens is 5. The monoisotopic (exact) mass is 502 g/mol. The molecule has 0 bridgehead atoms. The number of hydrogen-bond acceptors (Lipinski definition) is 5. The third-order valence-electron chi connectivity index (χ3n) is 4.86. The first-order valence-electron chi connectivity index (χ1n) is 9.86. The average Bonchev–Trinajstić information content (AvgIpc) is 3.53. The normalized spacial score (nSPS) is 11.8. The topological polar surface area (TPSA) is 77.1 Å². The highest BCUT2D eigenvalue weighted by Crippen LogP contribution is 2.33. The maximum atomic E-state index is 13.7. The van der Waals surface area contributed by atoms with Crippen LogP contribution in [0.5, 0.6) is 0 Å². The van der Waals surface area contributed by atoms with Crippen molar-refractivity contribution >= 4 is 40.2 Å². The van der Waals surface area contributed by atoms with Crippen molar-refractivity contribution in [3.05, 3.63) is 88.3 Å². The van der Waals surface area contributed by atoms with Crippen molar-refractivity contribution < 1.29 is 18.0 Å². The standard InChI is InChI=1S/C22H14ClF3N6OS/c23-14-10-27-31(12-14)11-13-3-1-4-15(7-13)28-21(33)17-9-20-29-16(18-5-2-6-34-18)8-19(22(24,25)26)32(20)30-17/h1-10,12H,11H2,(H,28,33). The molecular weight excluding hydrogens is 489 g/mol. The first-order chi connectivity index (χ1) is 16.3. The molecule has 5 rings (SSSR count). The van der Waals surface area contributed by atoms with Crippen LogP contribution in [0.3, 0.4) is 0 Å². The molecule has 0 atom stereocenters. The van der Waals surface area contributed by atoms with Gasteiger partial charge in [0.25, 0.3) is 5.91 Å². The summed E-state index contributed by atoms with van der Waals surface area (Å²) in [5.74, 6) is -0.657. The van der Waals surface area contributed by atoms with Crippen LogP contribution >= 0.6 is 22.9 Å². The molecule has 0 saturated carbocycles. The summed E-state index contributed by atoms with van der Waals surface area (Å²) in [6.07, 6.45) is -1.50. The molecule has 4 aromatic heterocycles. The van der Waals surface area contributed by atoms with Gasteiger partial charge >= 0.3 is 6.18 Å². The van der Waals surface area contributed by atoms with Crippen molar-refractivity contribution in [2.75, 3.05) is 5.32 Å². The molecule has 0 unspecified atom stereocenters. The number of fused-ring (bicyclic) bond motifs is 1. The molecule has 0 saturated heterocycles. The summed E-state index contributed by atoms with van der Waals surface area (Å²) in [5, 5.41) is 12.9. The highest BCUT2D eigenvalue weighted by atomic mass is 35.5. The quantitative estimate of drug-likeness (QED) is 0.338. The molecular formula is C22H14ClF3N6OS. The maximum Gasteiger partial charge on any atom is 0.433 e. The number of thiophene rings is 1. The highest BCUT2D eigenvalue weighted by molar-refractivity contribution is 7.13. The Morgan fingerprint density at radius 3 is 2.71 bits per heavy atom. The van der Waals surface area contributed by atoms with Gasteiger partial charge in [-0.15, -0.1) is 11.3 Å². The summed E-state index contributed by atoms with van der Waals surface area (Å²) in [6.45, 7) is 0.426. The third-order valence-corrected chi connectivity index (χ3v) is 5.94. The van der Waals surface area contributed by atoms with Crippen LogP contribution in [0.4, 0.5) is 18.9 Å². The number of halogens is 4. The third kappa shape index (κ3) is 4.52. The minimum absolute atomic E-state index is 0.0762. The SMILES string of the molecule is O=C(Nc1cccc(Cn2cc(Cl)cn2)c1)c1cc2nc(-c3cccs3)cc(C(F)(F)F)n2n1. The summed E-state index contributed by atoms with van der Waals surface area (Å²) in [7, 11) is 0. The van der Waals surface area contributed by atoms with Crippen LogP contribution in [0.1, 0.15) is 21.7 Å². The summed E-state index contributed by atoms with van der Waals surface area (Å²) in [4.78, 5) is 17.7. The first kappa shape index (κ1) is 22.1. The van der Waals surface area contributed by atoms with E-state index in [1.807, 2.05) is 6.07 Å². The predicted molar refractivity (Wildman–Crippen MR) is 122 cm³/mol. The lowest BCUT2D eigenvalue weighted by molar-refractivity contribution is -0.142. The van der Waals surface area contributed by atoms with Crippen molar-refractivity contribution in [3.8, 4) is 10.6 Å². The molecule has 1 aromatic carbocycles. The van der Waals surface area contributed by atoms with Crippen LogP contribution in [0.2, 0.25) is 5.02 Å². The Kier molecular flexibility index (Phi) is 5.58. The second-order valence-electron chi connectivity index (χ2n) is 7.31. The summed E-state index contributed by atoms with van der Waals surface area (Å²) in [5.41, 5.74) is 0.182. The molecule has 0 spiro atoms. The molecule has 0 fully saturated rings. The van der Waals surface area contributed by atoms with Crippen LogP contribution in [-0.4, -0.2) is 30.3 Å². The van der Waals surface area contributed by atoms with Gasteiger partial charge in [-0.2, -0.15) is 23.4 Å². The van der Waals surface area contributed by atoms with E-state index in [0.717, 1.165) is 11.6 Å². The lowest BCUT2D eigenvalue weighted by atomic mass is 10.2. The summed E-state index contributed by atoms with van der Waals surface area (Å²) >= 11 is 7.15. The van der Waals surface area contributed by atoms with Gasteiger partial charge in [0.05, 0.1) is 28.3 Å². The Labute approximate surface area is 199 Å². The smallest absolute Gasteiger partial charge is 0.321 e. The van der Waals surface area contributed by atoms with Gasteiger partial charge in [-0.25, -0.2) is 9.50 Å². The van der Waals surface area contributed by atoms with Crippen molar-refractivity contribution in [3.63, 3.8) is 0 Å². The molecule has 1 N–H and O–H groups in total. The fourth-order valence-electron chi connectivity index (χ4n) is 3.39. The van der Waals surface area contributed by atoms with Crippen LogP contribution in [0.15, 0.2) is 66.3 Å². The second kappa shape index (κ2) is 8.58. The zero-order chi connectivity index (χ0) is 23.9. The van der Waals surface area contributed by atoms with Gasteiger partial charge in [0, 0.05) is 18.0 Å². The Bertz CT molecular complexity index is 1490. The Morgan fingerprint density at radius 1 is 1.15 bits per heavy atom. The van der Waals surface area contributed by atoms with E-state index in [0.29, 0.717) is 26.6 Å². The number of amides is 1. The van der Waals surface area contributed by atoms with Gasteiger partial charge in [0.1, 0.15) is 0 Å². The molecule has 7 nitrogen and oxygen atoms in total. The van der Waals surface area contributed by atoms with Gasteiger partial charge in [0.2, 0.25) is 0 Å². The number of alkyl halides is 3. The van der Waals surface area contributed by atoms with E-state index in [4.69, 9.17) is 11.6 Å². The van der Waals surface area contributed by atoms with E-state index in [-0.39, 0.29) is 17.0 Å². The van der Waals surface area contributed by atoms with Crippen molar-refractivity contribution in [1.82, 2.24) is 24.4 Å². The van der Waals surface area contributed by atoms with Crippen molar-refractivity contribution in [2.45, 2.75) is 12.7 Å². The highest BCUT2D eigenvalue weighted by Gasteiger charge is 2.35. The molecule has 12 heteroatoms. The number of nitrogens with one attached hydrogen (secondary N) is 1. The molecule has 0 aliphatic rings. The van der Waals surface area contributed by atoms with E-state index in [1.165, 1.54) is 23.6 Å². The van der Waals surface area contributed by atoms with Crippen LogP contribution < -0.4 is 5.32 Å². The second-order valence-corrected chi connectivity index (χ2v) is 8.70. The minimum atomic E-state index is -4.68. The lowest BCUT2D eigenvalue weighted by Gasteiger charge is -2.10. The molecule has 1 amide bonds. The summed E-state index contributed by atoms with van der Waals surface area (Å²) < 4.78 is 43.4. The number of carbonyl (C=O) groups excluding carboxylic acids is 1. The average molecular weight is 503 g/mol. The van der Waals surface area contributed by atoms with Gasteiger partial charge in [-0.3, -0.25) is 9.48 Å². The minimum Gasteiger partial charge on any atom is -0.321 e. The van der Waals surface area contributed by atoms with E-state index in [1.54, 1.807) is 46.6 Å². The van der Waals surface area contributed by atoms with E-state index < -0.39 is 17.8 Å². The molecule has 4 heterocycles. The molecule has 172 valence electrons. The number of hydrogen-bond donors (Lipinski definition) is 1. The van der Waals surface area contributed by atoms with Crippen LogP contribution in [0, 0.1) is 0 Å². The van der Waals surface area contributed by atoms with E-state index in [2.05, 4.69) is 20.5 Å². The summed E-state index contributed by atoms with van der Waals surface area (Å²) in [6, 6.07) is 12.6. The maximum absolute atomic E-state index is 13.7. The zero-order valence-corrected chi connectivity index (χ0v) is 18.7. The van der Waals surface area contributed by atoms with E-state index in [9.17, 15) is 18.0 Å². The van der Waals surface area contributed by atoms with Gasteiger partial charge in [0.15, 0.2) is 17.0 Å². The molecule has 0 aliphatic heterocycles. The van der Waals surface area contributed by atoms with Crippen LogP contribution in [-0.2, 0) is 12.7 Å². The van der Waals surface area contributed by atoms with Gasteiger partial charge < -0.3 is 5.32 Å². The number of nitrogens with zero attached hydrogens (tertiary/aromatic N) is 5. The number of benzene rings is 1. The van der Waals surface area contributed by atoms with E-state index >= 15 is 0 Å². The zero-order valence-electron chi connectivity index (χ0n) is 17.1. The first-order valence-corrected chi connectivity index (χ1v) is 11.1. The molecule has 0 radical (unpaired) electrons. The molecule has 0 aliphatic carbocycles. The molecule has 34 heavy (non-hydrogen) atoms. The predicted octanol–water partition coefficient (Wildman–Crippen LogP) is 5.63. The number of rotatable bonds is 5. The van der Waals surface area contributed by atoms with Gasteiger partial charge in [-0.1, -0.05) is 29.8 Å². The van der Waals surface area contributed by atoms with Crippen molar-refractivity contribution in [1.29, 1.82) is 0 Å². The number of anilines is 1. The van der Waals surface area contributed by atoms with Gasteiger partial charge in [-0.05, 0) is 35.2 Å².